The molecule has 0 aliphatic carbocycles. The fourth-order valence-electron chi connectivity index (χ4n) is 4.25. The molecule has 0 bridgehead atoms. The van der Waals surface area contributed by atoms with Gasteiger partial charge in [-0.2, -0.15) is 4.98 Å². The molecule has 0 unspecified atom stereocenters. The molecule has 0 atom stereocenters. The number of methoxy groups -OCH3 is 2. The number of aryl methyl sites for hydroxylation is 1. The molecule has 1 N–H and O–H groups in total. The number of nitrogens with zero attached hydrogens (tertiary/aromatic N) is 3. The predicted octanol–water partition coefficient (Wildman–Crippen LogP) is 3.71. The molecule has 0 spiro atoms. The van der Waals surface area contributed by atoms with Crippen molar-refractivity contribution < 1.29 is 18.8 Å². The third kappa shape index (κ3) is 6.14. The van der Waals surface area contributed by atoms with E-state index in [1.807, 2.05) is 48.5 Å². The van der Waals surface area contributed by atoms with Crippen molar-refractivity contribution in [1.82, 2.24) is 20.4 Å². The molecule has 1 aromatic heterocycles. The van der Waals surface area contributed by atoms with E-state index in [2.05, 4.69) is 20.4 Å². The average Bonchev–Trinajstić information content (AvgIpc) is 3.35. The Morgan fingerprint density at radius 2 is 1.85 bits per heavy atom. The van der Waals surface area contributed by atoms with Crippen LogP contribution in [-0.2, 0) is 17.8 Å². The van der Waals surface area contributed by atoms with Crippen molar-refractivity contribution in [2.24, 2.45) is 5.92 Å². The van der Waals surface area contributed by atoms with Gasteiger partial charge < -0.3 is 19.3 Å². The Labute approximate surface area is 200 Å². The summed E-state index contributed by atoms with van der Waals surface area (Å²) in [5.74, 6) is 2.88. The van der Waals surface area contributed by atoms with E-state index in [1.54, 1.807) is 14.2 Å². The van der Waals surface area contributed by atoms with Gasteiger partial charge in [0.05, 0.1) is 20.8 Å². The van der Waals surface area contributed by atoms with Crippen LogP contribution in [0.2, 0.25) is 0 Å². The number of hydrogen-bond donors (Lipinski definition) is 1. The minimum absolute atomic E-state index is 0.0555. The standard InChI is InChI=1S/C26H32N4O4/c1-32-22-11-10-19(17-23(22)33-2)7-6-14-27-26(31)21-12-15-30(16-13-21)18-24-28-25(29-34-24)20-8-4-3-5-9-20/h3-5,8-11,17,21H,6-7,12-16,18H2,1-2H3,(H,27,31). The van der Waals surface area contributed by atoms with E-state index in [0.717, 1.165) is 61.4 Å². The fourth-order valence-corrected chi connectivity index (χ4v) is 4.25. The third-order valence-electron chi connectivity index (χ3n) is 6.21. The molecule has 1 saturated heterocycles. The summed E-state index contributed by atoms with van der Waals surface area (Å²) in [6.07, 6.45) is 3.41. The smallest absolute Gasteiger partial charge is 0.241 e. The molecule has 1 amide bonds. The van der Waals surface area contributed by atoms with Crippen molar-refractivity contribution in [2.75, 3.05) is 33.9 Å². The Morgan fingerprint density at radius 1 is 1.09 bits per heavy atom. The van der Waals surface area contributed by atoms with Crippen LogP contribution in [0.4, 0.5) is 0 Å². The summed E-state index contributed by atoms with van der Waals surface area (Å²) in [5, 5.41) is 7.19. The molecule has 8 nitrogen and oxygen atoms in total. The molecular formula is C26H32N4O4. The average molecular weight is 465 g/mol. The zero-order valence-corrected chi connectivity index (χ0v) is 19.8. The second-order valence-electron chi connectivity index (χ2n) is 8.51. The SMILES string of the molecule is COc1ccc(CCCNC(=O)C2CCN(Cc3nc(-c4ccccc4)no3)CC2)cc1OC. The fraction of sp³-hybridized carbons (Fsp3) is 0.423. The van der Waals surface area contributed by atoms with Gasteiger partial charge in [-0.3, -0.25) is 9.69 Å². The lowest BCUT2D eigenvalue weighted by Gasteiger charge is -2.30. The Bertz CT molecular complexity index is 1060. The molecule has 1 fully saturated rings. The maximum atomic E-state index is 12.6. The third-order valence-corrected chi connectivity index (χ3v) is 6.21. The molecule has 2 heterocycles. The van der Waals surface area contributed by atoms with Gasteiger partial charge in [0.2, 0.25) is 17.6 Å². The van der Waals surface area contributed by atoms with Crippen molar-refractivity contribution in [3.63, 3.8) is 0 Å². The topological polar surface area (TPSA) is 89.7 Å². The highest BCUT2D eigenvalue weighted by Crippen LogP contribution is 2.28. The Morgan fingerprint density at radius 3 is 2.59 bits per heavy atom. The predicted molar refractivity (Wildman–Crippen MR) is 129 cm³/mol. The van der Waals surface area contributed by atoms with Crippen LogP contribution >= 0.6 is 0 Å². The van der Waals surface area contributed by atoms with Crippen LogP contribution in [0.25, 0.3) is 11.4 Å². The number of rotatable bonds is 10. The summed E-state index contributed by atoms with van der Waals surface area (Å²) in [7, 11) is 3.27. The largest absolute Gasteiger partial charge is 0.493 e. The molecule has 8 heteroatoms. The second kappa shape index (κ2) is 11.7. The molecule has 4 rings (SSSR count). The number of carbonyl (C=O) groups is 1. The minimum Gasteiger partial charge on any atom is -0.493 e. The van der Waals surface area contributed by atoms with E-state index in [4.69, 9.17) is 14.0 Å². The number of likely N-dealkylation sites (tertiary alicyclic amines) is 1. The van der Waals surface area contributed by atoms with Crippen LogP contribution in [0.3, 0.4) is 0 Å². The summed E-state index contributed by atoms with van der Waals surface area (Å²) < 4.78 is 16.1. The van der Waals surface area contributed by atoms with Crippen LogP contribution in [-0.4, -0.2) is 54.8 Å². The lowest BCUT2D eigenvalue weighted by Crippen LogP contribution is -2.40. The van der Waals surface area contributed by atoms with Gasteiger partial charge in [0.25, 0.3) is 0 Å². The molecule has 1 aliphatic heterocycles. The van der Waals surface area contributed by atoms with Gasteiger partial charge in [-0.15, -0.1) is 0 Å². The second-order valence-corrected chi connectivity index (χ2v) is 8.51. The van der Waals surface area contributed by atoms with E-state index in [0.29, 0.717) is 24.8 Å². The Balaban J connectivity index is 1.16. The lowest BCUT2D eigenvalue weighted by molar-refractivity contribution is -0.126. The first-order valence-corrected chi connectivity index (χ1v) is 11.7. The zero-order chi connectivity index (χ0) is 23.8. The van der Waals surface area contributed by atoms with E-state index in [-0.39, 0.29) is 11.8 Å². The van der Waals surface area contributed by atoms with Gasteiger partial charge in [0.15, 0.2) is 11.5 Å². The Hall–Kier alpha value is -3.39. The lowest BCUT2D eigenvalue weighted by atomic mass is 9.96. The zero-order valence-electron chi connectivity index (χ0n) is 19.8. The van der Waals surface area contributed by atoms with Crippen LogP contribution in [0, 0.1) is 5.92 Å². The quantitative estimate of drug-likeness (QED) is 0.458. The Kier molecular flexibility index (Phi) is 8.14. The van der Waals surface area contributed by atoms with Gasteiger partial charge in [-0.25, -0.2) is 0 Å². The van der Waals surface area contributed by atoms with Crippen molar-refractivity contribution in [3.8, 4) is 22.9 Å². The van der Waals surface area contributed by atoms with E-state index < -0.39 is 0 Å². The van der Waals surface area contributed by atoms with Crippen molar-refractivity contribution >= 4 is 5.91 Å². The summed E-state index contributed by atoms with van der Waals surface area (Å²) in [4.78, 5) is 19.4. The summed E-state index contributed by atoms with van der Waals surface area (Å²) >= 11 is 0. The minimum atomic E-state index is 0.0555. The number of carbonyl (C=O) groups excluding carboxylic acids is 1. The first-order chi connectivity index (χ1) is 16.7. The van der Waals surface area contributed by atoms with Gasteiger partial charge in [0, 0.05) is 18.0 Å². The van der Waals surface area contributed by atoms with Crippen LogP contribution in [0.15, 0.2) is 53.1 Å². The number of aromatic nitrogens is 2. The maximum absolute atomic E-state index is 12.6. The number of benzene rings is 2. The number of ether oxygens (including phenoxy) is 2. The summed E-state index contributed by atoms with van der Waals surface area (Å²) in [5.41, 5.74) is 2.11. The maximum Gasteiger partial charge on any atom is 0.241 e. The first kappa shape index (κ1) is 23.8. The molecule has 0 radical (unpaired) electrons. The molecular weight excluding hydrogens is 432 g/mol. The normalized spacial score (nSPS) is 14.6. The molecule has 34 heavy (non-hydrogen) atoms. The number of amides is 1. The highest BCUT2D eigenvalue weighted by atomic mass is 16.5. The van der Waals surface area contributed by atoms with Gasteiger partial charge >= 0.3 is 0 Å². The highest BCUT2D eigenvalue weighted by Gasteiger charge is 2.25. The van der Waals surface area contributed by atoms with Crippen molar-refractivity contribution in [2.45, 2.75) is 32.2 Å². The molecule has 180 valence electrons. The van der Waals surface area contributed by atoms with E-state index in [9.17, 15) is 4.79 Å². The first-order valence-electron chi connectivity index (χ1n) is 11.7. The van der Waals surface area contributed by atoms with E-state index >= 15 is 0 Å². The monoisotopic (exact) mass is 464 g/mol. The highest BCUT2D eigenvalue weighted by molar-refractivity contribution is 5.78. The molecule has 2 aromatic carbocycles. The summed E-state index contributed by atoms with van der Waals surface area (Å²) in [6, 6.07) is 15.7. The van der Waals surface area contributed by atoms with Crippen molar-refractivity contribution in [1.29, 1.82) is 0 Å². The van der Waals surface area contributed by atoms with Crippen LogP contribution in [0.5, 0.6) is 11.5 Å². The molecule has 1 aliphatic rings. The number of nitrogens with one attached hydrogen (secondary N) is 1. The van der Waals surface area contributed by atoms with Crippen LogP contribution < -0.4 is 14.8 Å². The van der Waals surface area contributed by atoms with Crippen molar-refractivity contribution in [3.05, 3.63) is 60.0 Å². The summed E-state index contributed by atoms with van der Waals surface area (Å²) in [6.45, 7) is 2.96. The molecule has 0 saturated carbocycles. The van der Waals surface area contributed by atoms with Gasteiger partial charge in [-0.1, -0.05) is 41.6 Å². The van der Waals surface area contributed by atoms with Crippen LogP contribution in [0.1, 0.15) is 30.7 Å². The number of hydrogen-bond acceptors (Lipinski definition) is 7. The molecule has 3 aromatic rings. The van der Waals surface area contributed by atoms with E-state index in [1.165, 1.54) is 0 Å². The van der Waals surface area contributed by atoms with Gasteiger partial charge in [0.1, 0.15) is 0 Å². The number of piperidine rings is 1. The van der Waals surface area contributed by atoms with Gasteiger partial charge in [-0.05, 0) is 56.5 Å².